The van der Waals surface area contributed by atoms with Crippen LogP contribution in [0.4, 0.5) is 33.6 Å². The summed E-state index contributed by atoms with van der Waals surface area (Å²) in [6.07, 6.45) is -4.04. The van der Waals surface area contributed by atoms with Crippen molar-refractivity contribution in [3.63, 3.8) is 0 Å². The SMILES string of the molecule is [C-]#[N+]c1ccc(-c2nc(N3CC[C@H](N)C3)nc3ccc(-c4c(F)cccc4C(F)(F)F)cc23)cc1F. The van der Waals surface area contributed by atoms with E-state index in [-0.39, 0.29) is 23.0 Å². The Labute approximate surface area is 202 Å². The number of anilines is 1. The van der Waals surface area contributed by atoms with Gasteiger partial charge in [0.2, 0.25) is 11.6 Å². The largest absolute Gasteiger partial charge is 0.417 e. The molecule has 3 aromatic carbocycles. The van der Waals surface area contributed by atoms with Gasteiger partial charge in [-0.1, -0.05) is 24.3 Å². The van der Waals surface area contributed by atoms with Crippen LogP contribution in [0.2, 0.25) is 0 Å². The molecule has 0 radical (unpaired) electrons. The Morgan fingerprint density at radius 1 is 0.972 bits per heavy atom. The number of rotatable bonds is 3. The lowest BCUT2D eigenvalue weighted by Gasteiger charge is -2.19. The number of fused-ring (bicyclic) bond motifs is 1. The summed E-state index contributed by atoms with van der Waals surface area (Å²) in [6, 6.07) is 10.9. The molecule has 182 valence electrons. The van der Waals surface area contributed by atoms with Crippen molar-refractivity contribution in [2.24, 2.45) is 5.73 Å². The number of hydrogen-bond donors (Lipinski definition) is 1. The van der Waals surface area contributed by atoms with Crippen molar-refractivity contribution < 1.29 is 22.0 Å². The first-order chi connectivity index (χ1) is 17.2. The number of hydrogen-bond acceptors (Lipinski definition) is 4. The molecule has 1 aliphatic heterocycles. The number of halogens is 5. The van der Waals surface area contributed by atoms with Gasteiger partial charge >= 0.3 is 6.18 Å². The van der Waals surface area contributed by atoms with Gasteiger partial charge in [-0.05, 0) is 42.3 Å². The molecule has 1 aliphatic rings. The first kappa shape index (κ1) is 23.6. The van der Waals surface area contributed by atoms with Gasteiger partial charge in [0.15, 0.2) is 0 Å². The molecule has 2 N–H and O–H groups in total. The molecule has 1 atom stereocenters. The average Bonchev–Trinajstić information content (AvgIpc) is 3.28. The van der Waals surface area contributed by atoms with Crippen LogP contribution < -0.4 is 10.6 Å². The molecule has 1 aromatic heterocycles. The topological polar surface area (TPSA) is 59.4 Å². The average molecular weight is 495 g/mol. The van der Waals surface area contributed by atoms with E-state index in [0.29, 0.717) is 35.5 Å². The minimum Gasteiger partial charge on any atom is -0.339 e. The van der Waals surface area contributed by atoms with Gasteiger partial charge < -0.3 is 10.6 Å². The molecule has 5 rings (SSSR count). The lowest BCUT2D eigenvalue weighted by atomic mass is 9.96. The van der Waals surface area contributed by atoms with Crippen molar-refractivity contribution in [1.29, 1.82) is 0 Å². The van der Waals surface area contributed by atoms with Crippen LogP contribution in [0.1, 0.15) is 12.0 Å². The third-order valence-corrected chi connectivity index (χ3v) is 6.14. The molecule has 0 bridgehead atoms. The molecule has 0 saturated carbocycles. The maximum atomic E-state index is 14.7. The molecule has 0 spiro atoms. The fraction of sp³-hybridized carbons (Fsp3) is 0.192. The van der Waals surface area contributed by atoms with E-state index in [1.807, 2.05) is 4.90 Å². The zero-order chi connectivity index (χ0) is 25.6. The molecular formula is C26H18F5N5. The van der Waals surface area contributed by atoms with Crippen molar-refractivity contribution in [2.75, 3.05) is 18.0 Å². The smallest absolute Gasteiger partial charge is 0.339 e. The Morgan fingerprint density at radius 2 is 1.75 bits per heavy atom. The van der Waals surface area contributed by atoms with Crippen molar-refractivity contribution >= 4 is 22.5 Å². The number of benzene rings is 3. The molecule has 4 aromatic rings. The van der Waals surface area contributed by atoms with E-state index in [4.69, 9.17) is 12.3 Å². The standard InChI is InChI=1S/C26H18F5N5/c1-33-22-8-6-15(12-20(22)28)24-17-11-14(23-18(26(29,30)31)3-2-4-19(23)27)5-7-21(17)34-25(35-24)36-10-9-16(32)13-36/h2-8,11-12,16H,9-10,13,32H2/t16-/m0/s1. The third-order valence-electron chi connectivity index (χ3n) is 6.14. The third kappa shape index (κ3) is 4.22. The molecular weight excluding hydrogens is 477 g/mol. The predicted molar refractivity (Wildman–Crippen MR) is 126 cm³/mol. The Hall–Kier alpha value is -4.10. The molecule has 0 unspecified atom stereocenters. The van der Waals surface area contributed by atoms with Gasteiger partial charge in [0.05, 0.1) is 23.3 Å². The van der Waals surface area contributed by atoms with Crippen LogP contribution >= 0.6 is 0 Å². The second-order valence-electron chi connectivity index (χ2n) is 8.54. The summed E-state index contributed by atoms with van der Waals surface area (Å²) in [6.45, 7) is 8.21. The first-order valence-corrected chi connectivity index (χ1v) is 11.0. The lowest BCUT2D eigenvalue weighted by Crippen LogP contribution is -2.27. The highest BCUT2D eigenvalue weighted by molar-refractivity contribution is 5.96. The normalized spacial score (nSPS) is 15.9. The van der Waals surface area contributed by atoms with Gasteiger partial charge in [0.25, 0.3) is 0 Å². The highest BCUT2D eigenvalue weighted by Crippen LogP contribution is 2.40. The summed E-state index contributed by atoms with van der Waals surface area (Å²) >= 11 is 0. The van der Waals surface area contributed by atoms with Crippen LogP contribution in [0.5, 0.6) is 0 Å². The lowest BCUT2D eigenvalue weighted by molar-refractivity contribution is -0.137. The second-order valence-corrected chi connectivity index (χ2v) is 8.54. The Morgan fingerprint density at radius 3 is 2.42 bits per heavy atom. The Kier molecular flexibility index (Phi) is 5.80. The van der Waals surface area contributed by atoms with Crippen LogP contribution in [0.25, 0.3) is 38.1 Å². The molecule has 0 aliphatic carbocycles. The molecule has 0 amide bonds. The first-order valence-electron chi connectivity index (χ1n) is 11.0. The summed E-state index contributed by atoms with van der Waals surface area (Å²) < 4.78 is 70.2. The number of aromatic nitrogens is 2. The van der Waals surface area contributed by atoms with E-state index in [0.717, 1.165) is 30.7 Å². The van der Waals surface area contributed by atoms with Gasteiger partial charge in [-0.25, -0.2) is 23.6 Å². The van der Waals surface area contributed by atoms with Gasteiger partial charge in [0, 0.05) is 35.6 Å². The summed E-state index contributed by atoms with van der Waals surface area (Å²) in [5, 5.41) is 0.311. The van der Waals surface area contributed by atoms with E-state index >= 15 is 0 Å². The van der Waals surface area contributed by atoms with E-state index in [1.54, 1.807) is 0 Å². The molecule has 5 nitrogen and oxygen atoms in total. The molecule has 1 fully saturated rings. The quantitative estimate of drug-likeness (QED) is 0.266. The highest BCUT2D eigenvalue weighted by Gasteiger charge is 2.35. The summed E-state index contributed by atoms with van der Waals surface area (Å²) in [5.74, 6) is -1.44. The minimum atomic E-state index is -4.77. The summed E-state index contributed by atoms with van der Waals surface area (Å²) in [5.41, 5.74) is 5.06. The molecule has 10 heteroatoms. The number of nitrogens with two attached hydrogens (primary N) is 1. The zero-order valence-corrected chi connectivity index (χ0v) is 18.7. The molecule has 2 heterocycles. The van der Waals surface area contributed by atoms with Crippen LogP contribution in [0.15, 0.2) is 54.6 Å². The second kappa shape index (κ2) is 8.84. The van der Waals surface area contributed by atoms with E-state index in [9.17, 15) is 22.0 Å². The van der Waals surface area contributed by atoms with Crippen LogP contribution in [-0.4, -0.2) is 29.1 Å². The zero-order valence-electron chi connectivity index (χ0n) is 18.7. The van der Waals surface area contributed by atoms with Crippen LogP contribution in [-0.2, 0) is 6.18 Å². The van der Waals surface area contributed by atoms with Crippen molar-refractivity contribution in [3.05, 3.63) is 83.2 Å². The van der Waals surface area contributed by atoms with E-state index in [1.165, 1.54) is 30.3 Å². The number of alkyl halides is 3. The van der Waals surface area contributed by atoms with E-state index < -0.39 is 28.9 Å². The van der Waals surface area contributed by atoms with Crippen molar-refractivity contribution in [2.45, 2.75) is 18.6 Å². The number of nitrogens with zero attached hydrogens (tertiary/aromatic N) is 4. The van der Waals surface area contributed by atoms with Gasteiger partial charge in [0.1, 0.15) is 11.6 Å². The minimum absolute atomic E-state index is 0.0213. The van der Waals surface area contributed by atoms with Gasteiger partial charge in [-0.3, -0.25) is 0 Å². The molecule has 1 saturated heterocycles. The summed E-state index contributed by atoms with van der Waals surface area (Å²) in [4.78, 5) is 14.2. The van der Waals surface area contributed by atoms with Crippen molar-refractivity contribution in [1.82, 2.24) is 9.97 Å². The monoisotopic (exact) mass is 495 g/mol. The predicted octanol–water partition coefficient (Wildman–Crippen LogP) is 6.35. The molecule has 36 heavy (non-hydrogen) atoms. The van der Waals surface area contributed by atoms with Crippen molar-refractivity contribution in [3.8, 4) is 22.4 Å². The van der Waals surface area contributed by atoms with E-state index in [2.05, 4.69) is 14.8 Å². The summed E-state index contributed by atoms with van der Waals surface area (Å²) in [7, 11) is 0. The fourth-order valence-electron chi connectivity index (χ4n) is 4.40. The van der Waals surface area contributed by atoms with Gasteiger partial charge in [-0.15, -0.1) is 0 Å². The highest BCUT2D eigenvalue weighted by atomic mass is 19.4. The maximum absolute atomic E-state index is 14.7. The maximum Gasteiger partial charge on any atom is 0.417 e. The van der Waals surface area contributed by atoms with Crippen LogP contribution in [0, 0.1) is 18.2 Å². The fourth-order valence-corrected chi connectivity index (χ4v) is 4.40. The van der Waals surface area contributed by atoms with Gasteiger partial charge in [-0.2, -0.15) is 13.2 Å². The van der Waals surface area contributed by atoms with Crippen LogP contribution in [0.3, 0.4) is 0 Å². The Balaban J connectivity index is 1.76. The Bertz CT molecular complexity index is 1530.